The fourth-order valence-corrected chi connectivity index (χ4v) is 1.60. The normalized spacial score (nSPS) is 9.40. The van der Waals surface area contributed by atoms with Crippen molar-refractivity contribution in [2.45, 2.75) is 5.33 Å². The maximum Gasteiger partial charge on any atom is 0.338 e. The number of phenolic OH excluding ortho intramolecular Hbond substituents is 1. The zero-order chi connectivity index (χ0) is 11.4. The van der Waals surface area contributed by atoms with Crippen molar-refractivity contribution in [3.63, 3.8) is 0 Å². The van der Waals surface area contributed by atoms with Gasteiger partial charge in [0.15, 0.2) is 0 Å². The molecule has 0 aliphatic heterocycles. The second-order valence-corrected chi connectivity index (χ2v) is 3.32. The number of phenols is 1. The quantitative estimate of drug-likeness (QED) is 0.658. The van der Waals surface area contributed by atoms with Gasteiger partial charge in [0.1, 0.15) is 11.8 Å². The van der Waals surface area contributed by atoms with Crippen LogP contribution in [0.1, 0.15) is 21.5 Å². The molecule has 0 fully saturated rings. The van der Waals surface area contributed by atoms with Gasteiger partial charge in [-0.25, -0.2) is 4.79 Å². The molecule has 0 saturated carbocycles. The third-order valence-corrected chi connectivity index (χ3v) is 2.50. The number of hydrogen-bond donors (Lipinski definition) is 1. The van der Waals surface area contributed by atoms with Crippen LogP contribution in [0.2, 0.25) is 0 Å². The minimum Gasteiger partial charge on any atom is -0.507 e. The van der Waals surface area contributed by atoms with Crippen LogP contribution in [-0.2, 0) is 10.1 Å². The van der Waals surface area contributed by atoms with Gasteiger partial charge < -0.3 is 9.84 Å². The SMILES string of the molecule is COC(=O)c1cc(C#N)c(O)cc1CBr. The van der Waals surface area contributed by atoms with E-state index in [0.29, 0.717) is 10.9 Å². The average Bonchev–Trinajstić information content (AvgIpc) is 2.27. The molecule has 0 amide bonds. The summed E-state index contributed by atoms with van der Waals surface area (Å²) >= 11 is 3.18. The van der Waals surface area contributed by atoms with Crippen molar-refractivity contribution in [2.75, 3.05) is 7.11 Å². The zero-order valence-electron chi connectivity index (χ0n) is 7.95. The first kappa shape index (κ1) is 11.5. The first-order valence-corrected chi connectivity index (χ1v) is 5.16. The average molecular weight is 270 g/mol. The molecule has 0 spiro atoms. The zero-order valence-corrected chi connectivity index (χ0v) is 9.54. The molecule has 15 heavy (non-hydrogen) atoms. The minimum atomic E-state index is -0.527. The van der Waals surface area contributed by atoms with Crippen molar-refractivity contribution in [1.82, 2.24) is 0 Å². The molecule has 5 heteroatoms. The summed E-state index contributed by atoms with van der Waals surface area (Å²) in [5.74, 6) is -0.666. The summed E-state index contributed by atoms with van der Waals surface area (Å²) in [5, 5.41) is 18.5. The molecule has 0 bridgehead atoms. The molecule has 0 atom stereocenters. The van der Waals surface area contributed by atoms with E-state index in [-0.39, 0.29) is 16.9 Å². The summed E-state index contributed by atoms with van der Waals surface area (Å²) in [6.45, 7) is 0. The molecule has 0 radical (unpaired) electrons. The lowest BCUT2D eigenvalue weighted by atomic mass is 10.0. The maximum absolute atomic E-state index is 11.3. The number of esters is 1. The highest BCUT2D eigenvalue weighted by Crippen LogP contribution is 2.24. The summed E-state index contributed by atoms with van der Waals surface area (Å²) < 4.78 is 4.57. The van der Waals surface area contributed by atoms with Gasteiger partial charge in [-0.2, -0.15) is 5.26 Å². The number of carbonyl (C=O) groups is 1. The van der Waals surface area contributed by atoms with E-state index >= 15 is 0 Å². The predicted octanol–water partition coefficient (Wildman–Crippen LogP) is 1.95. The Morgan fingerprint density at radius 1 is 1.67 bits per heavy atom. The molecule has 1 aromatic rings. The van der Waals surface area contributed by atoms with Gasteiger partial charge in [0.05, 0.1) is 18.2 Å². The smallest absolute Gasteiger partial charge is 0.338 e. The maximum atomic E-state index is 11.3. The van der Waals surface area contributed by atoms with Crippen LogP contribution < -0.4 is 0 Å². The molecule has 1 N–H and O–H groups in total. The fourth-order valence-electron chi connectivity index (χ4n) is 1.13. The topological polar surface area (TPSA) is 70.3 Å². The monoisotopic (exact) mass is 269 g/mol. The van der Waals surface area contributed by atoms with Crippen molar-refractivity contribution in [3.8, 4) is 11.8 Å². The molecule has 4 nitrogen and oxygen atoms in total. The van der Waals surface area contributed by atoms with Crippen LogP contribution in [0, 0.1) is 11.3 Å². The van der Waals surface area contributed by atoms with Crippen molar-refractivity contribution >= 4 is 21.9 Å². The van der Waals surface area contributed by atoms with Gasteiger partial charge in [-0.05, 0) is 17.7 Å². The number of methoxy groups -OCH3 is 1. The lowest BCUT2D eigenvalue weighted by Crippen LogP contribution is -2.05. The van der Waals surface area contributed by atoms with E-state index in [1.807, 2.05) is 0 Å². The number of alkyl halides is 1. The summed E-state index contributed by atoms with van der Waals surface area (Å²) in [5.41, 5.74) is 0.919. The molecule has 78 valence electrons. The number of hydrogen-bond acceptors (Lipinski definition) is 4. The number of benzene rings is 1. The van der Waals surface area contributed by atoms with Crippen molar-refractivity contribution in [2.24, 2.45) is 0 Å². The predicted molar refractivity (Wildman–Crippen MR) is 56.8 cm³/mol. The molecule has 0 unspecified atom stereocenters. The van der Waals surface area contributed by atoms with E-state index in [0.717, 1.165) is 0 Å². The van der Waals surface area contributed by atoms with Gasteiger partial charge >= 0.3 is 5.97 Å². The lowest BCUT2D eigenvalue weighted by molar-refractivity contribution is 0.0600. The Morgan fingerprint density at radius 3 is 2.80 bits per heavy atom. The van der Waals surface area contributed by atoms with E-state index in [1.54, 1.807) is 6.07 Å². The highest BCUT2D eigenvalue weighted by Gasteiger charge is 2.14. The van der Waals surface area contributed by atoms with Gasteiger partial charge in [0, 0.05) is 5.33 Å². The van der Waals surface area contributed by atoms with Crippen molar-refractivity contribution < 1.29 is 14.6 Å². The van der Waals surface area contributed by atoms with Crippen LogP contribution in [0.5, 0.6) is 5.75 Å². The van der Waals surface area contributed by atoms with Crippen molar-refractivity contribution in [1.29, 1.82) is 5.26 Å². The summed E-state index contributed by atoms with van der Waals surface area (Å²) in [4.78, 5) is 11.3. The Morgan fingerprint density at radius 2 is 2.33 bits per heavy atom. The molecule has 1 aromatic carbocycles. The Labute approximate surface area is 95.2 Å². The van der Waals surface area contributed by atoms with Crippen LogP contribution in [0.15, 0.2) is 12.1 Å². The molecule has 0 saturated heterocycles. The second kappa shape index (κ2) is 4.80. The third kappa shape index (κ3) is 2.28. The molecular weight excluding hydrogens is 262 g/mol. The standard InChI is InChI=1S/C10H8BrNO3/c1-15-10(14)8-2-7(5-12)9(13)3-6(8)4-11/h2-3,13H,4H2,1H3. The third-order valence-electron chi connectivity index (χ3n) is 1.89. The first-order chi connectivity index (χ1) is 7.13. The van der Waals surface area contributed by atoms with Gasteiger partial charge in [-0.1, -0.05) is 15.9 Å². The number of nitrogens with zero attached hydrogens (tertiary/aromatic N) is 1. The van der Waals surface area contributed by atoms with Gasteiger partial charge in [0.2, 0.25) is 0 Å². The van der Waals surface area contributed by atoms with Crippen LogP contribution in [-0.4, -0.2) is 18.2 Å². The highest BCUT2D eigenvalue weighted by atomic mass is 79.9. The number of nitriles is 1. The minimum absolute atomic E-state index is 0.0556. The summed E-state index contributed by atoms with van der Waals surface area (Å²) in [6.07, 6.45) is 0. The Kier molecular flexibility index (Phi) is 3.69. The van der Waals surface area contributed by atoms with E-state index in [2.05, 4.69) is 20.7 Å². The fraction of sp³-hybridized carbons (Fsp3) is 0.200. The van der Waals surface area contributed by atoms with E-state index < -0.39 is 5.97 Å². The van der Waals surface area contributed by atoms with Gasteiger partial charge in [-0.15, -0.1) is 0 Å². The molecule has 0 aliphatic carbocycles. The Bertz CT molecular complexity index is 437. The Hall–Kier alpha value is -1.54. The molecule has 1 rings (SSSR count). The number of rotatable bonds is 2. The van der Waals surface area contributed by atoms with Crippen LogP contribution in [0.3, 0.4) is 0 Å². The van der Waals surface area contributed by atoms with E-state index in [9.17, 15) is 9.90 Å². The lowest BCUT2D eigenvalue weighted by Gasteiger charge is -2.06. The Balaban J connectivity index is 3.36. The van der Waals surface area contributed by atoms with Gasteiger partial charge in [-0.3, -0.25) is 0 Å². The first-order valence-electron chi connectivity index (χ1n) is 4.04. The van der Waals surface area contributed by atoms with Crippen molar-refractivity contribution in [3.05, 3.63) is 28.8 Å². The molecule has 0 aliphatic rings. The van der Waals surface area contributed by atoms with Crippen LogP contribution >= 0.6 is 15.9 Å². The summed E-state index contributed by atoms with van der Waals surface area (Å²) in [7, 11) is 1.26. The van der Waals surface area contributed by atoms with E-state index in [1.165, 1.54) is 19.2 Å². The second-order valence-electron chi connectivity index (χ2n) is 2.76. The highest BCUT2D eigenvalue weighted by molar-refractivity contribution is 9.08. The number of ether oxygens (including phenoxy) is 1. The molecule has 0 aromatic heterocycles. The largest absolute Gasteiger partial charge is 0.507 e. The number of aromatic hydroxyl groups is 1. The van der Waals surface area contributed by atoms with Crippen LogP contribution in [0.4, 0.5) is 0 Å². The number of carbonyl (C=O) groups excluding carboxylic acids is 1. The molecular formula is C10H8BrNO3. The molecule has 0 heterocycles. The van der Waals surface area contributed by atoms with Crippen LogP contribution in [0.25, 0.3) is 0 Å². The van der Waals surface area contributed by atoms with Gasteiger partial charge in [0.25, 0.3) is 0 Å². The van der Waals surface area contributed by atoms with E-state index in [4.69, 9.17) is 5.26 Å². The summed E-state index contributed by atoms with van der Waals surface area (Å²) in [6, 6.07) is 4.48. The number of halogens is 1.